The second kappa shape index (κ2) is 10.9. The number of nitrogens with zero attached hydrogens (tertiary/aromatic N) is 1. The van der Waals surface area contributed by atoms with Crippen LogP contribution in [-0.4, -0.2) is 21.3 Å². The van der Waals surface area contributed by atoms with Crippen LogP contribution < -0.4 is 5.32 Å². The van der Waals surface area contributed by atoms with Crippen molar-refractivity contribution < 1.29 is 14.1 Å². The van der Waals surface area contributed by atoms with Gasteiger partial charge >= 0.3 is 0 Å². The van der Waals surface area contributed by atoms with Gasteiger partial charge in [0.05, 0.1) is 21.2 Å². The maximum atomic E-state index is 15.2. The van der Waals surface area contributed by atoms with E-state index in [9.17, 15) is 14.9 Å². The lowest BCUT2D eigenvalue weighted by Crippen LogP contribution is -2.33. The van der Waals surface area contributed by atoms with Gasteiger partial charge in [0.1, 0.15) is 5.82 Å². The van der Waals surface area contributed by atoms with E-state index >= 15 is 4.39 Å². The molecule has 1 aliphatic carbocycles. The molecule has 1 aliphatic heterocycles. The number of alkyl halides is 1. The predicted octanol–water partition coefficient (Wildman–Crippen LogP) is 8.66. The van der Waals surface area contributed by atoms with Crippen molar-refractivity contribution in [3.8, 4) is 0 Å². The summed E-state index contributed by atoms with van der Waals surface area (Å²) in [5.74, 6) is -0.977. The van der Waals surface area contributed by atoms with Crippen molar-refractivity contribution in [1.82, 2.24) is 0 Å². The lowest BCUT2D eigenvalue weighted by Gasteiger charge is -2.39. The third kappa shape index (κ3) is 4.76. The van der Waals surface area contributed by atoms with Crippen LogP contribution in [0.3, 0.4) is 0 Å². The Morgan fingerprint density at radius 3 is 2.42 bits per heavy atom. The lowest BCUT2D eigenvalue weighted by atomic mass is 9.76. The number of ketones is 1. The molecule has 6 rings (SSSR count). The van der Waals surface area contributed by atoms with Crippen LogP contribution in [0.15, 0.2) is 95.9 Å². The van der Waals surface area contributed by atoms with Crippen LogP contribution in [0.5, 0.6) is 0 Å². The molecule has 0 aromatic heterocycles. The number of hydrogen-bond donors (Lipinski definition) is 1. The zero-order valence-electron chi connectivity index (χ0n) is 21.0. The fourth-order valence-electron chi connectivity index (χ4n) is 6.02. The summed E-state index contributed by atoms with van der Waals surface area (Å²) in [4.78, 5) is 25.5. The van der Waals surface area contributed by atoms with Gasteiger partial charge in [-0.15, -0.1) is 23.4 Å². The number of rotatable bonds is 6. The monoisotopic (exact) mass is 592 g/mol. The van der Waals surface area contributed by atoms with Gasteiger partial charge < -0.3 is 5.32 Å². The number of carbonyl (C=O) groups is 1. The molecule has 9 heteroatoms. The molecule has 0 radical (unpaired) electrons. The van der Waals surface area contributed by atoms with Crippen molar-refractivity contribution in [2.75, 3.05) is 5.32 Å². The van der Waals surface area contributed by atoms with Crippen molar-refractivity contribution in [2.45, 2.75) is 33.9 Å². The first-order valence-electron chi connectivity index (χ1n) is 12.8. The predicted molar refractivity (Wildman–Crippen MR) is 157 cm³/mol. The second-order valence-electron chi connectivity index (χ2n) is 10.0. The average Bonchev–Trinajstić information content (AvgIpc) is 3.29. The molecular formula is C31H23Cl2FN2O3S. The third-order valence-electron chi connectivity index (χ3n) is 7.75. The van der Waals surface area contributed by atoms with Gasteiger partial charge in [0.15, 0.2) is 5.78 Å². The smallest absolute Gasteiger partial charge is 0.282 e. The molecule has 5 nitrogen and oxygen atoms in total. The van der Waals surface area contributed by atoms with Gasteiger partial charge in [0.25, 0.3) is 5.69 Å². The summed E-state index contributed by atoms with van der Waals surface area (Å²) in [5, 5.41) is 14.9. The highest BCUT2D eigenvalue weighted by Crippen LogP contribution is 2.59. The van der Waals surface area contributed by atoms with Crippen LogP contribution in [-0.2, 0) is 0 Å². The number of benzene rings is 4. The minimum atomic E-state index is -0.472. The lowest BCUT2D eigenvalue weighted by molar-refractivity contribution is -0.387. The van der Waals surface area contributed by atoms with E-state index < -0.39 is 16.3 Å². The molecule has 0 bridgehead atoms. The molecule has 40 heavy (non-hydrogen) atoms. The van der Waals surface area contributed by atoms with Crippen molar-refractivity contribution in [1.29, 1.82) is 0 Å². The third-order valence-corrected chi connectivity index (χ3v) is 10.1. The van der Waals surface area contributed by atoms with Crippen molar-refractivity contribution >= 4 is 52.1 Å². The number of hydrogen-bond acceptors (Lipinski definition) is 5. The highest BCUT2D eigenvalue weighted by atomic mass is 35.5. The number of para-hydroxylation sites is 1. The maximum absolute atomic E-state index is 15.2. The molecule has 0 spiro atoms. The van der Waals surface area contributed by atoms with E-state index in [1.165, 1.54) is 23.9 Å². The minimum Gasteiger partial charge on any atom is -0.377 e. The first kappa shape index (κ1) is 26.8. The largest absolute Gasteiger partial charge is 0.377 e. The number of anilines is 1. The Bertz CT molecular complexity index is 1620. The molecule has 202 valence electrons. The summed E-state index contributed by atoms with van der Waals surface area (Å²) in [6.07, 6.45) is 0.579. The van der Waals surface area contributed by atoms with E-state index in [0.717, 1.165) is 5.56 Å². The van der Waals surface area contributed by atoms with Crippen molar-refractivity contribution in [3.63, 3.8) is 0 Å². The number of nitro groups is 1. The van der Waals surface area contributed by atoms with Gasteiger partial charge in [-0.1, -0.05) is 72.3 Å². The molecule has 4 aromatic carbocycles. The molecule has 2 aliphatic rings. The number of halogens is 3. The maximum Gasteiger partial charge on any atom is 0.282 e. The fourth-order valence-corrected chi connectivity index (χ4v) is 8.19. The van der Waals surface area contributed by atoms with Crippen molar-refractivity contribution in [2.24, 2.45) is 5.92 Å². The van der Waals surface area contributed by atoms with E-state index in [1.807, 2.05) is 12.1 Å². The Balaban J connectivity index is 1.47. The zero-order chi connectivity index (χ0) is 28.0. The Kier molecular flexibility index (Phi) is 7.29. The first-order chi connectivity index (χ1) is 19.3. The normalized spacial score (nSPS) is 23.1. The summed E-state index contributed by atoms with van der Waals surface area (Å²) >= 11 is 15.2. The standard InChI is InChI=1S/C31H23Cl2FN2O3S/c32-18-14-20-27-21(16-26(28(27)33)40-25-13-7-6-12-24(25)36(38)39)29(19-10-4-5-11-23(19)34)35-30(20)22(15-18)31(37)17-8-2-1-3-9-17/h1-15,21,26-29,35H,16H2/t21-,26+,27-,28-,29-/m1/s1. The Hall–Kier alpha value is -3.39. The molecule has 5 atom stereocenters. The highest BCUT2D eigenvalue weighted by molar-refractivity contribution is 8.00. The number of nitro benzene ring substituents is 1. The van der Waals surface area contributed by atoms with Crippen LogP contribution in [0.2, 0.25) is 5.02 Å². The molecule has 0 saturated heterocycles. The van der Waals surface area contributed by atoms with Gasteiger partial charge in [0.2, 0.25) is 0 Å². The topological polar surface area (TPSA) is 72.2 Å². The van der Waals surface area contributed by atoms with E-state index in [-0.39, 0.29) is 34.4 Å². The molecule has 1 N–H and O–H groups in total. The first-order valence-corrected chi connectivity index (χ1v) is 14.5. The zero-order valence-corrected chi connectivity index (χ0v) is 23.3. The van der Waals surface area contributed by atoms with E-state index in [0.29, 0.717) is 38.7 Å². The quantitative estimate of drug-likeness (QED) is 0.105. The van der Waals surface area contributed by atoms with Crippen LogP contribution >= 0.6 is 35.0 Å². The number of nitrogens with one attached hydrogen (secondary N) is 1. The van der Waals surface area contributed by atoms with Gasteiger partial charge in [0, 0.05) is 44.6 Å². The van der Waals surface area contributed by atoms with Gasteiger partial charge in [-0.05, 0) is 42.2 Å². The molecule has 0 amide bonds. The van der Waals surface area contributed by atoms with Crippen LogP contribution in [0.1, 0.15) is 45.4 Å². The van der Waals surface area contributed by atoms with Gasteiger partial charge in [-0.3, -0.25) is 14.9 Å². The Morgan fingerprint density at radius 2 is 1.68 bits per heavy atom. The molecule has 1 saturated carbocycles. The second-order valence-corrected chi connectivity index (χ2v) is 12.2. The molecule has 4 aromatic rings. The average molecular weight is 594 g/mol. The summed E-state index contributed by atoms with van der Waals surface area (Å²) in [5.41, 5.74) is 2.81. The molecular weight excluding hydrogens is 570 g/mol. The number of thioether (sulfide) groups is 1. The highest BCUT2D eigenvalue weighted by Gasteiger charge is 2.51. The summed E-state index contributed by atoms with van der Waals surface area (Å²) in [6, 6.07) is 25.1. The van der Waals surface area contributed by atoms with Crippen molar-refractivity contribution in [3.05, 3.63) is 134 Å². The Morgan fingerprint density at radius 1 is 0.975 bits per heavy atom. The summed E-state index contributed by atoms with van der Waals surface area (Å²) < 4.78 is 15.2. The number of fused-ring (bicyclic) bond motifs is 3. The molecule has 0 unspecified atom stereocenters. The van der Waals surface area contributed by atoms with E-state index in [2.05, 4.69) is 5.32 Å². The van der Waals surface area contributed by atoms with Crippen LogP contribution in [0.25, 0.3) is 0 Å². The Labute approximate surface area is 244 Å². The van der Waals surface area contributed by atoms with E-state index in [1.54, 1.807) is 66.7 Å². The van der Waals surface area contributed by atoms with E-state index in [4.69, 9.17) is 23.2 Å². The van der Waals surface area contributed by atoms with Crippen LogP contribution in [0.4, 0.5) is 15.8 Å². The number of carbonyl (C=O) groups excluding carboxylic acids is 1. The summed E-state index contributed by atoms with van der Waals surface area (Å²) in [6.45, 7) is 0. The van der Waals surface area contributed by atoms with Crippen LogP contribution in [0, 0.1) is 21.8 Å². The fraction of sp³-hybridized carbons (Fsp3) is 0.194. The minimum absolute atomic E-state index is 0.0224. The summed E-state index contributed by atoms with van der Waals surface area (Å²) in [7, 11) is 0. The van der Waals surface area contributed by atoms with Gasteiger partial charge in [-0.2, -0.15) is 0 Å². The molecule has 1 fully saturated rings. The SMILES string of the molecule is O=C(c1ccccc1)c1cc(Cl)cc2c1N[C@H](c1ccccc1F)[C@@H]1C[C@H](Sc3ccccc3[N+](=O)[O-])[C@@H](Cl)[C@H]21. The molecule has 1 heterocycles. The van der Waals surface area contributed by atoms with Gasteiger partial charge in [-0.25, -0.2) is 4.39 Å².